The summed E-state index contributed by atoms with van der Waals surface area (Å²) in [6.07, 6.45) is 7.63. The van der Waals surface area contributed by atoms with Gasteiger partial charge in [-0.3, -0.25) is 0 Å². The highest BCUT2D eigenvalue weighted by molar-refractivity contribution is 5.02. The van der Waals surface area contributed by atoms with Gasteiger partial charge in [-0.2, -0.15) is 5.26 Å². The van der Waals surface area contributed by atoms with Crippen LogP contribution in [0, 0.1) is 11.3 Å². The molecule has 13 heavy (non-hydrogen) atoms. The topological polar surface area (TPSA) is 23.8 Å². The van der Waals surface area contributed by atoms with Crippen LogP contribution in [0.1, 0.15) is 19.8 Å². The average Bonchev–Trinajstić information content (AvgIpc) is 2.02. The van der Waals surface area contributed by atoms with Gasteiger partial charge in [0.25, 0.3) is 0 Å². The molecule has 0 aliphatic rings. The van der Waals surface area contributed by atoms with Crippen LogP contribution < -0.4 is 0 Å². The van der Waals surface area contributed by atoms with Crippen LogP contribution in [0.25, 0.3) is 0 Å². The summed E-state index contributed by atoms with van der Waals surface area (Å²) in [5.74, 6) is 0. The molecule has 0 aliphatic heterocycles. The second kappa shape index (κ2) is 5.55. The predicted octanol–water partition coefficient (Wildman–Crippen LogP) is 2.46. The molecule has 0 aliphatic carbocycles. The van der Waals surface area contributed by atoms with Crippen molar-refractivity contribution in [1.29, 1.82) is 5.26 Å². The molecule has 0 N–H and O–H groups in total. The molecular weight excluding hydrogens is 160 g/mol. The Hall–Kier alpha value is -1.07. The lowest BCUT2D eigenvalue weighted by Crippen LogP contribution is -2.31. The minimum Gasteiger partial charge on any atom is -0.303 e. The second-order valence-electron chi connectivity index (χ2n) is 3.97. The van der Waals surface area contributed by atoms with E-state index in [1.54, 1.807) is 0 Å². The van der Waals surface area contributed by atoms with Crippen molar-refractivity contribution in [3.8, 4) is 6.07 Å². The molecule has 0 saturated heterocycles. The van der Waals surface area contributed by atoms with Crippen LogP contribution >= 0.6 is 0 Å². The van der Waals surface area contributed by atoms with E-state index in [-0.39, 0.29) is 0 Å². The van der Waals surface area contributed by atoms with E-state index in [1.807, 2.05) is 12.1 Å². The van der Waals surface area contributed by atoms with Crippen molar-refractivity contribution >= 4 is 0 Å². The van der Waals surface area contributed by atoms with Gasteiger partial charge in [-0.15, -0.1) is 0 Å². The quantitative estimate of drug-likeness (QED) is 0.369. The highest BCUT2D eigenvalue weighted by Gasteiger charge is 2.08. The Morgan fingerprint density at radius 3 is 2.38 bits per heavy atom. The monoisotopic (exact) mass is 179 g/mol. The first-order chi connectivity index (χ1) is 5.98. The van der Waals surface area contributed by atoms with E-state index in [4.69, 9.17) is 5.26 Å². The number of quaternary nitrogens is 1. The third kappa shape index (κ3) is 6.12. The van der Waals surface area contributed by atoms with Crippen molar-refractivity contribution in [2.75, 3.05) is 21.1 Å². The first-order valence-corrected chi connectivity index (χ1v) is 4.52. The molecule has 0 heterocycles. The Bertz CT molecular complexity index is 236. The Morgan fingerprint density at radius 1 is 1.31 bits per heavy atom. The molecule has 0 amide bonds. The van der Waals surface area contributed by atoms with Gasteiger partial charge in [0.1, 0.15) is 5.70 Å². The molecule has 0 aromatic carbocycles. The largest absolute Gasteiger partial charge is 0.303 e. The fourth-order valence-corrected chi connectivity index (χ4v) is 0.798. The van der Waals surface area contributed by atoms with Gasteiger partial charge in [0.2, 0.25) is 0 Å². The number of rotatable bonds is 4. The molecule has 0 atom stereocenters. The van der Waals surface area contributed by atoms with E-state index in [2.05, 4.69) is 34.1 Å². The lowest BCUT2D eigenvalue weighted by atomic mass is 10.2. The molecule has 0 rings (SSSR count). The third-order valence-electron chi connectivity index (χ3n) is 2.02. The molecule has 0 spiro atoms. The highest BCUT2D eigenvalue weighted by Crippen LogP contribution is 2.08. The lowest BCUT2D eigenvalue weighted by molar-refractivity contribution is -0.831. The van der Waals surface area contributed by atoms with Gasteiger partial charge in [-0.05, 0) is 18.9 Å². The van der Waals surface area contributed by atoms with Crippen LogP contribution in [0.15, 0.2) is 23.9 Å². The third-order valence-corrected chi connectivity index (χ3v) is 2.02. The maximum atomic E-state index is 8.25. The van der Waals surface area contributed by atoms with E-state index < -0.39 is 0 Å². The summed E-state index contributed by atoms with van der Waals surface area (Å²) in [6.45, 7) is 2.13. The summed E-state index contributed by atoms with van der Waals surface area (Å²) in [4.78, 5) is 0. The maximum Gasteiger partial charge on any atom is 0.101 e. The molecule has 0 unspecified atom stereocenters. The van der Waals surface area contributed by atoms with Crippen molar-refractivity contribution < 1.29 is 4.48 Å². The molecular formula is C11H19N2+. The normalized spacial score (nSPS) is 13.3. The van der Waals surface area contributed by atoms with Gasteiger partial charge >= 0.3 is 0 Å². The Morgan fingerprint density at radius 2 is 1.92 bits per heavy atom. The Kier molecular flexibility index (Phi) is 5.10. The zero-order valence-electron chi connectivity index (χ0n) is 9.04. The lowest BCUT2D eigenvalue weighted by Gasteiger charge is -2.23. The standard InChI is InChI=1S/C11H19N2/c1-11(13(2,3)4)9-7-5-6-8-10-12/h6,8-9H,5,7H2,1-4H3/q+1. The zero-order chi connectivity index (χ0) is 10.3. The molecule has 0 aromatic heterocycles. The number of hydrogen-bond donors (Lipinski definition) is 0. The fraction of sp³-hybridized carbons (Fsp3) is 0.545. The minimum absolute atomic E-state index is 0.877. The molecule has 2 nitrogen and oxygen atoms in total. The van der Waals surface area contributed by atoms with Crippen LogP contribution in [-0.4, -0.2) is 25.6 Å². The minimum atomic E-state index is 0.877. The van der Waals surface area contributed by atoms with E-state index in [0.29, 0.717) is 0 Å². The molecule has 0 radical (unpaired) electrons. The van der Waals surface area contributed by atoms with Gasteiger partial charge < -0.3 is 4.48 Å². The van der Waals surface area contributed by atoms with Gasteiger partial charge in [0.05, 0.1) is 27.2 Å². The molecule has 0 bridgehead atoms. The van der Waals surface area contributed by atoms with Crippen molar-refractivity contribution in [2.24, 2.45) is 0 Å². The van der Waals surface area contributed by atoms with Gasteiger partial charge in [0.15, 0.2) is 0 Å². The van der Waals surface area contributed by atoms with Gasteiger partial charge in [0, 0.05) is 13.0 Å². The number of hydrogen-bond acceptors (Lipinski definition) is 1. The van der Waals surface area contributed by atoms with Crippen molar-refractivity contribution in [3.63, 3.8) is 0 Å². The fourth-order valence-electron chi connectivity index (χ4n) is 0.798. The summed E-state index contributed by atoms with van der Waals surface area (Å²) >= 11 is 0. The van der Waals surface area contributed by atoms with Crippen molar-refractivity contribution in [2.45, 2.75) is 19.8 Å². The second-order valence-corrected chi connectivity index (χ2v) is 3.97. The molecule has 0 aromatic rings. The van der Waals surface area contributed by atoms with Crippen molar-refractivity contribution in [1.82, 2.24) is 0 Å². The summed E-state index contributed by atoms with van der Waals surface area (Å²) < 4.78 is 0.877. The number of nitrogens with zero attached hydrogens (tertiary/aromatic N) is 2. The van der Waals surface area contributed by atoms with Crippen molar-refractivity contribution in [3.05, 3.63) is 23.9 Å². The highest BCUT2D eigenvalue weighted by atomic mass is 15.3. The summed E-state index contributed by atoms with van der Waals surface area (Å²) in [7, 11) is 6.45. The molecule has 0 saturated carbocycles. The predicted molar refractivity (Wildman–Crippen MR) is 55.8 cm³/mol. The first-order valence-electron chi connectivity index (χ1n) is 4.52. The Balaban J connectivity index is 3.87. The van der Waals surface area contributed by atoms with Gasteiger partial charge in [-0.1, -0.05) is 6.08 Å². The van der Waals surface area contributed by atoms with Crippen LogP contribution in [0.2, 0.25) is 0 Å². The van der Waals surface area contributed by atoms with E-state index in [0.717, 1.165) is 17.3 Å². The number of nitriles is 1. The van der Waals surface area contributed by atoms with Crippen LogP contribution in [-0.2, 0) is 0 Å². The number of unbranched alkanes of at least 4 members (excludes halogenated alkanes) is 1. The summed E-state index contributed by atoms with van der Waals surface area (Å²) in [5, 5.41) is 8.25. The molecule has 72 valence electrons. The maximum absolute atomic E-state index is 8.25. The van der Waals surface area contributed by atoms with E-state index >= 15 is 0 Å². The average molecular weight is 179 g/mol. The van der Waals surface area contributed by atoms with Gasteiger partial charge in [-0.25, -0.2) is 0 Å². The Labute approximate surface area is 81.4 Å². The summed E-state index contributed by atoms with van der Waals surface area (Å²) in [5.41, 5.74) is 1.35. The van der Waals surface area contributed by atoms with E-state index in [1.165, 1.54) is 11.8 Å². The summed E-state index contributed by atoms with van der Waals surface area (Å²) in [6, 6.07) is 1.98. The first kappa shape index (κ1) is 11.9. The molecule has 0 fully saturated rings. The SMILES string of the molecule is CC(=CCCC=CC#N)[N+](C)(C)C. The zero-order valence-corrected chi connectivity index (χ0v) is 9.04. The van der Waals surface area contributed by atoms with E-state index in [9.17, 15) is 0 Å². The number of allylic oxidation sites excluding steroid dienone is 4. The molecule has 2 heteroatoms. The van der Waals surface area contributed by atoms with Crippen LogP contribution in [0.3, 0.4) is 0 Å². The smallest absolute Gasteiger partial charge is 0.101 e. The van der Waals surface area contributed by atoms with Crippen LogP contribution in [0.5, 0.6) is 0 Å². The van der Waals surface area contributed by atoms with Crippen LogP contribution in [0.4, 0.5) is 0 Å².